The molecule has 2 amide bonds. The van der Waals surface area contributed by atoms with Crippen LogP contribution in [-0.4, -0.2) is 32.0 Å². The Balaban J connectivity index is 1.85. The first-order valence-electron chi connectivity index (χ1n) is 8.51. The number of anilines is 2. The standard InChI is InChI=1S/C20H22N4O2/c1-3-16-8-4-5-10-18(16)23-20(26)14-24(2)13-19(25)22-17-9-6-7-15(11-17)12-21/h4-11H,3,13-14H2,1-2H3,(H,22,25)(H,23,26)/p+1. The van der Waals surface area contributed by atoms with Gasteiger partial charge >= 0.3 is 0 Å². The quantitative estimate of drug-likeness (QED) is 0.701. The Morgan fingerprint density at radius 2 is 1.73 bits per heavy atom. The maximum atomic E-state index is 12.2. The maximum absolute atomic E-state index is 12.2. The molecule has 0 spiro atoms. The first kappa shape index (κ1) is 19.2. The van der Waals surface area contributed by atoms with Crippen molar-refractivity contribution in [3.63, 3.8) is 0 Å². The van der Waals surface area contributed by atoms with Crippen molar-refractivity contribution in [3.05, 3.63) is 59.7 Å². The molecule has 134 valence electrons. The zero-order valence-corrected chi connectivity index (χ0v) is 15.0. The van der Waals surface area contributed by atoms with Gasteiger partial charge in [0.25, 0.3) is 11.8 Å². The van der Waals surface area contributed by atoms with Gasteiger partial charge in [-0.1, -0.05) is 31.2 Å². The Bertz CT molecular complexity index is 827. The van der Waals surface area contributed by atoms with E-state index in [1.165, 1.54) is 0 Å². The van der Waals surface area contributed by atoms with Gasteiger partial charge in [-0.05, 0) is 36.2 Å². The number of rotatable bonds is 7. The van der Waals surface area contributed by atoms with E-state index in [4.69, 9.17) is 5.26 Å². The molecule has 0 radical (unpaired) electrons. The van der Waals surface area contributed by atoms with E-state index in [-0.39, 0.29) is 24.9 Å². The van der Waals surface area contributed by atoms with Gasteiger partial charge in [-0.15, -0.1) is 0 Å². The lowest BCUT2D eigenvalue weighted by molar-refractivity contribution is -0.862. The van der Waals surface area contributed by atoms with Gasteiger partial charge in [0.1, 0.15) is 0 Å². The number of nitrogens with zero attached hydrogens (tertiary/aromatic N) is 1. The Hall–Kier alpha value is -3.17. The Labute approximate surface area is 153 Å². The Morgan fingerprint density at radius 1 is 1.04 bits per heavy atom. The van der Waals surface area contributed by atoms with Crippen molar-refractivity contribution in [1.82, 2.24) is 0 Å². The number of nitrogens with one attached hydrogen (secondary N) is 3. The Kier molecular flexibility index (Phi) is 6.89. The van der Waals surface area contributed by atoms with E-state index in [0.717, 1.165) is 22.6 Å². The van der Waals surface area contributed by atoms with Crippen molar-refractivity contribution in [2.45, 2.75) is 13.3 Å². The van der Waals surface area contributed by atoms with Crippen LogP contribution in [0.2, 0.25) is 0 Å². The van der Waals surface area contributed by atoms with Crippen molar-refractivity contribution in [3.8, 4) is 6.07 Å². The zero-order valence-electron chi connectivity index (χ0n) is 15.0. The average molecular weight is 351 g/mol. The average Bonchev–Trinajstić information content (AvgIpc) is 2.61. The lowest BCUT2D eigenvalue weighted by Gasteiger charge is -2.15. The SMILES string of the molecule is CCc1ccccc1NC(=O)C[NH+](C)CC(=O)Nc1cccc(C#N)c1. The van der Waals surface area contributed by atoms with Gasteiger partial charge in [-0.3, -0.25) is 9.59 Å². The summed E-state index contributed by atoms with van der Waals surface area (Å²) in [7, 11) is 1.79. The fourth-order valence-electron chi connectivity index (χ4n) is 2.63. The fraction of sp³-hybridized carbons (Fsp3) is 0.250. The molecule has 0 heterocycles. The predicted octanol–water partition coefficient (Wildman–Crippen LogP) is 1.21. The molecule has 0 fully saturated rings. The van der Waals surface area contributed by atoms with E-state index >= 15 is 0 Å². The minimum absolute atomic E-state index is 0.136. The molecule has 0 aliphatic heterocycles. The molecule has 26 heavy (non-hydrogen) atoms. The van der Waals surface area contributed by atoms with Crippen LogP contribution in [0.4, 0.5) is 11.4 Å². The number of carbonyl (C=O) groups is 2. The van der Waals surface area contributed by atoms with Crippen molar-refractivity contribution in [2.24, 2.45) is 0 Å². The van der Waals surface area contributed by atoms with Gasteiger partial charge in [-0.25, -0.2) is 0 Å². The number of nitriles is 1. The summed E-state index contributed by atoms with van der Waals surface area (Å²) < 4.78 is 0. The number of quaternary nitrogens is 1. The topological polar surface area (TPSA) is 86.4 Å². The molecule has 0 aromatic heterocycles. The summed E-state index contributed by atoms with van der Waals surface area (Å²) in [6, 6.07) is 16.4. The second-order valence-electron chi connectivity index (χ2n) is 6.11. The molecule has 0 aliphatic carbocycles. The van der Waals surface area contributed by atoms with Crippen molar-refractivity contribution < 1.29 is 14.5 Å². The third kappa shape index (κ3) is 5.72. The molecule has 1 unspecified atom stereocenters. The summed E-state index contributed by atoms with van der Waals surface area (Å²) in [5, 5.41) is 14.5. The molecule has 2 aromatic rings. The van der Waals surface area contributed by atoms with Crippen LogP contribution in [0.3, 0.4) is 0 Å². The summed E-state index contributed by atoms with van der Waals surface area (Å²) in [6.45, 7) is 2.37. The second-order valence-corrected chi connectivity index (χ2v) is 6.11. The Morgan fingerprint density at radius 3 is 2.42 bits per heavy atom. The third-order valence-corrected chi connectivity index (χ3v) is 3.87. The first-order chi connectivity index (χ1) is 12.5. The normalized spacial score (nSPS) is 11.3. The molecular weight excluding hydrogens is 328 g/mol. The van der Waals surface area contributed by atoms with Gasteiger partial charge in [0.2, 0.25) is 0 Å². The molecule has 6 heteroatoms. The molecule has 0 saturated heterocycles. The minimum atomic E-state index is -0.209. The number of amides is 2. The van der Waals surface area contributed by atoms with Crippen LogP contribution in [0, 0.1) is 11.3 Å². The molecule has 0 aliphatic rings. The van der Waals surface area contributed by atoms with Gasteiger partial charge in [0.15, 0.2) is 13.1 Å². The number of benzene rings is 2. The van der Waals surface area contributed by atoms with E-state index in [2.05, 4.69) is 10.6 Å². The predicted molar refractivity (Wildman–Crippen MR) is 101 cm³/mol. The van der Waals surface area contributed by atoms with Crippen LogP contribution in [0.5, 0.6) is 0 Å². The number of aryl methyl sites for hydroxylation is 1. The number of hydrogen-bond donors (Lipinski definition) is 3. The number of carbonyl (C=O) groups excluding carboxylic acids is 2. The van der Waals surface area contributed by atoms with Crippen LogP contribution in [0.15, 0.2) is 48.5 Å². The molecule has 2 aromatic carbocycles. The number of likely N-dealkylation sites (N-methyl/N-ethyl adjacent to an activating group) is 1. The van der Waals surface area contributed by atoms with E-state index < -0.39 is 0 Å². The van der Waals surface area contributed by atoms with Crippen LogP contribution >= 0.6 is 0 Å². The van der Waals surface area contributed by atoms with Gasteiger partial charge in [-0.2, -0.15) is 5.26 Å². The summed E-state index contributed by atoms with van der Waals surface area (Å²) in [6.07, 6.45) is 0.837. The summed E-state index contributed by atoms with van der Waals surface area (Å²) in [4.78, 5) is 25.1. The highest BCUT2D eigenvalue weighted by molar-refractivity contribution is 5.93. The van der Waals surface area contributed by atoms with Crippen LogP contribution in [0.1, 0.15) is 18.1 Å². The largest absolute Gasteiger partial charge is 0.322 e. The molecule has 0 bridgehead atoms. The van der Waals surface area contributed by atoms with Crippen LogP contribution in [-0.2, 0) is 16.0 Å². The van der Waals surface area contributed by atoms with Crippen LogP contribution < -0.4 is 15.5 Å². The highest BCUT2D eigenvalue weighted by Crippen LogP contribution is 2.14. The summed E-state index contributed by atoms with van der Waals surface area (Å²) in [5.41, 5.74) is 2.94. The molecule has 3 N–H and O–H groups in total. The minimum Gasteiger partial charge on any atom is -0.322 e. The van der Waals surface area contributed by atoms with Crippen LogP contribution in [0.25, 0.3) is 0 Å². The highest BCUT2D eigenvalue weighted by Gasteiger charge is 2.15. The fourth-order valence-corrected chi connectivity index (χ4v) is 2.63. The lowest BCUT2D eigenvalue weighted by Crippen LogP contribution is -3.11. The van der Waals surface area contributed by atoms with Gasteiger partial charge < -0.3 is 15.5 Å². The van der Waals surface area contributed by atoms with E-state index in [1.807, 2.05) is 37.3 Å². The van der Waals surface area contributed by atoms with Crippen molar-refractivity contribution in [1.29, 1.82) is 5.26 Å². The zero-order chi connectivity index (χ0) is 18.9. The van der Waals surface area contributed by atoms with Gasteiger partial charge in [0, 0.05) is 11.4 Å². The van der Waals surface area contributed by atoms with E-state index in [0.29, 0.717) is 11.3 Å². The first-order valence-corrected chi connectivity index (χ1v) is 8.51. The van der Waals surface area contributed by atoms with Crippen molar-refractivity contribution >= 4 is 23.2 Å². The monoisotopic (exact) mass is 351 g/mol. The second kappa shape index (κ2) is 9.35. The van der Waals surface area contributed by atoms with Crippen molar-refractivity contribution in [2.75, 3.05) is 30.8 Å². The molecule has 0 saturated carbocycles. The van der Waals surface area contributed by atoms with E-state index in [9.17, 15) is 9.59 Å². The smallest absolute Gasteiger partial charge is 0.279 e. The number of hydrogen-bond acceptors (Lipinski definition) is 3. The lowest BCUT2D eigenvalue weighted by atomic mass is 10.1. The number of para-hydroxylation sites is 1. The third-order valence-electron chi connectivity index (χ3n) is 3.87. The molecular formula is C20H23N4O2+. The molecule has 2 rings (SSSR count). The molecule has 1 atom stereocenters. The molecule has 6 nitrogen and oxygen atoms in total. The maximum Gasteiger partial charge on any atom is 0.279 e. The summed E-state index contributed by atoms with van der Waals surface area (Å²) >= 11 is 0. The van der Waals surface area contributed by atoms with E-state index in [1.54, 1.807) is 31.3 Å². The van der Waals surface area contributed by atoms with Gasteiger partial charge in [0.05, 0.1) is 18.7 Å². The summed E-state index contributed by atoms with van der Waals surface area (Å²) in [5.74, 6) is -0.345. The highest BCUT2D eigenvalue weighted by atomic mass is 16.2.